The molecule has 1 aliphatic heterocycles. The van der Waals surface area contributed by atoms with Crippen molar-refractivity contribution in [1.82, 2.24) is 9.88 Å². The van der Waals surface area contributed by atoms with E-state index in [-0.39, 0.29) is 5.91 Å². The lowest BCUT2D eigenvalue weighted by Gasteiger charge is -2.35. The summed E-state index contributed by atoms with van der Waals surface area (Å²) >= 11 is 0. The Kier molecular flexibility index (Phi) is 5.98. The Morgan fingerprint density at radius 3 is 2.48 bits per heavy atom. The highest BCUT2D eigenvalue weighted by molar-refractivity contribution is 5.90. The molecular formula is C19H25N5O. The monoisotopic (exact) mass is 339 g/mol. The summed E-state index contributed by atoms with van der Waals surface area (Å²) in [6.45, 7) is 5.09. The van der Waals surface area contributed by atoms with Crippen LogP contribution in [-0.2, 0) is 11.3 Å². The van der Waals surface area contributed by atoms with Crippen molar-refractivity contribution in [2.24, 2.45) is 5.73 Å². The molecule has 1 fully saturated rings. The molecule has 0 spiro atoms. The molecule has 2 aromatic rings. The van der Waals surface area contributed by atoms with E-state index < -0.39 is 0 Å². The second kappa shape index (κ2) is 8.60. The van der Waals surface area contributed by atoms with Gasteiger partial charge in [0.25, 0.3) is 0 Å². The van der Waals surface area contributed by atoms with Gasteiger partial charge in [-0.15, -0.1) is 0 Å². The van der Waals surface area contributed by atoms with Gasteiger partial charge in [0.15, 0.2) is 0 Å². The van der Waals surface area contributed by atoms with Gasteiger partial charge < -0.3 is 16.0 Å². The first-order chi connectivity index (χ1) is 12.2. The van der Waals surface area contributed by atoms with E-state index in [2.05, 4.69) is 20.1 Å². The number of amides is 1. The van der Waals surface area contributed by atoms with E-state index >= 15 is 0 Å². The molecular weight excluding hydrogens is 314 g/mol. The van der Waals surface area contributed by atoms with Gasteiger partial charge in [0.05, 0.1) is 0 Å². The van der Waals surface area contributed by atoms with Crippen molar-refractivity contribution >= 4 is 17.4 Å². The normalized spacial score (nSPS) is 15.2. The lowest BCUT2D eigenvalue weighted by molar-refractivity contribution is -0.116. The fraction of sp³-hybridized carbons (Fsp3) is 0.368. The minimum atomic E-state index is 0.0488. The molecule has 0 saturated carbocycles. The van der Waals surface area contributed by atoms with Crippen molar-refractivity contribution in [3.63, 3.8) is 0 Å². The molecule has 2 heterocycles. The maximum atomic E-state index is 12.1. The Balaban J connectivity index is 1.39. The largest absolute Gasteiger partial charge is 0.354 e. The first-order valence-corrected chi connectivity index (χ1v) is 8.72. The number of benzene rings is 1. The van der Waals surface area contributed by atoms with Crippen molar-refractivity contribution in [1.29, 1.82) is 0 Å². The second-order valence-corrected chi connectivity index (χ2v) is 6.22. The van der Waals surface area contributed by atoms with Crippen molar-refractivity contribution < 1.29 is 4.79 Å². The van der Waals surface area contributed by atoms with E-state index in [1.54, 1.807) is 0 Å². The molecule has 1 aromatic carbocycles. The van der Waals surface area contributed by atoms with Gasteiger partial charge in [-0.25, -0.2) is 4.98 Å². The maximum absolute atomic E-state index is 12.1. The zero-order valence-corrected chi connectivity index (χ0v) is 14.4. The van der Waals surface area contributed by atoms with Crippen LogP contribution in [0, 0.1) is 0 Å². The van der Waals surface area contributed by atoms with Crippen molar-refractivity contribution in [2.45, 2.75) is 13.0 Å². The lowest BCUT2D eigenvalue weighted by Crippen LogP contribution is -2.47. The van der Waals surface area contributed by atoms with Gasteiger partial charge >= 0.3 is 0 Å². The number of hydrogen-bond donors (Lipinski definition) is 2. The number of hydrogen-bond acceptors (Lipinski definition) is 5. The maximum Gasteiger partial charge on any atom is 0.225 e. The van der Waals surface area contributed by atoms with Gasteiger partial charge in [0, 0.05) is 57.6 Å². The van der Waals surface area contributed by atoms with Gasteiger partial charge in [0.2, 0.25) is 5.91 Å². The van der Waals surface area contributed by atoms with Crippen LogP contribution in [0.25, 0.3) is 0 Å². The molecule has 0 radical (unpaired) electrons. The Morgan fingerprint density at radius 2 is 1.84 bits per heavy atom. The third-order valence-corrected chi connectivity index (χ3v) is 4.47. The smallest absolute Gasteiger partial charge is 0.225 e. The standard InChI is InChI=1S/C19H25N5O/c20-15-16-4-6-17(7-5-16)22-19(25)8-10-23-11-13-24(14-12-23)18-3-1-2-9-21-18/h1-7,9H,8,10-15,20H2,(H,22,25). The SMILES string of the molecule is NCc1ccc(NC(=O)CCN2CCN(c3ccccn3)CC2)cc1. The Hall–Kier alpha value is -2.44. The highest BCUT2D eigenvalue weighted by Crippen LogP contribution is 2.13. The van der Waals surface area contributed by atoms with Crippen LogP contribution in [0.1, 0.15) is 12.0 Å². The van der Waals surface area contributed by atoms with Crippen molar-refractivity contribution in [3.8, 4) is 0 Å². The third kappa shape index (κ3) is 5.01. The van der Waals surface area contributed by atoms with Gasteiger partial charge in [-0.1, -0.05) is 18.2 Å². The summed E-state index contributed by atoms with van der Waals surface area (Å²) in [6, 6.07) is 13.6. The van der Waals surface area contributed by atoms with Crippen molar-refractivity contribution in [3.05, 3.63) is 54.2 Å². The van der Waals surface area contributed by atoms with E-state index in [1.165, 1.54) is 0 Å². The molecule has 1 amide bonds. The molecule has 3 N–H and O–H groups in total. The molecule has 0 aliphatic carbocycles. The minimum Gasteiger partial charge on any atom is -0.354 e. The zero-order chi connectivity index (χ0) is 17.5. The zero-order valence-electron chi connectivity index (χ0n) is 14.4. The van der Waals surface area contributed by atoms with Crippen LogP contribution < -0.4 is 16.0 Å². The molecule has 0 bridgehead atoms. The van der Waals surface area contributed by atoms with Gasteiger partial charge in [-0.3, -0.25) is 9.69 Å². The summed E-state index contributed by atoms with van der Waals surface area (Å²) in [6.07, 6.45) is 2.33. The molecule has 132 valence electrons. The fourth-order valence-electron chi connectivity index (χ4n) is 2.95. The molecule has 1 saturated heterocycles. The number of nitrogens with zero attached hydrogens (tertiary/aromatic N) is 3. The minimum absolute atomic E-state index is 0.0488. The summed E-state index contributed by atoms with van der Waals surface area (Å²) in [5, 5.41) is 2.94. The van der Waals surface area contributed by atoms with Gasteiger partial charge in [-0.2, -0.15) is 0 Å². The number of anilines is 2. The number of carbonyl (C=O) groups excluding carboxylic acids is 1. The molecule has 1 aromatic heterocycles. The number of rotatable bonds is 6. The van der Waals surface area contributed by atoms with Crippen LogP contribution in [0.2, 0.25) is 0 Å². The van der Waals surface area contributed by atoms with E-state index in [1.807, 2.05) is 48.7 Å². The average Bonchev–Trinajstić information content (AvgIpc) is 2.68. The molecule has 3 rings (SSSR count). The van der Waals surface area contributed by atoms with E-state index in [4.69, 9.17) is 5.73 Å². The number of carbonyl (C=O) groups is 1. The Bertz CT molecular complexity index is 666. The van der Waals surface area contributed by atoms with E-state index in [0.717, 1.165) is 49.8 Å². The predicted octanol–water partition coefficient (Wildman–Crippen LogP) is 1.69. The third-order valence-electron chi connectivity index (χ3n) is 4.47. The molecule has 0 atom stereocenters. The Morgan fingerprint density at radius 1 is 1.08 bits per heavy atom. The predicted molar refractivity (Wildman–Crippen MR) is 100 cm³/mol. The lowest BCUT2D eigenvalue weighted by atomic mass is 10.2. The molecule has 0 unspecified atom stereocenters. The second-order valence-electron chi connectivity index (χ2n) is 6.22. The van der Waals surface area contributed by atoms with Crippen molar-refractivity contribution in [2.75, 3.05) is 42.9 Å². The quantitative estimate of drug-likeness (QED) is 0.838. The van der Waals surface area contributed by atoms with E-state index in [0.29, 0.717) is 13.0 Å². The topological polar surface area (TPSA) is 74.5 Å². The number of nitrogens with two attached hydrogens (primary N) is 1. The molecule has 6 nitrogen and oxygen atoms in total. The summed E-state index contributed by atoms with van der Waals surface area (Å²) in [5.74, 6) is 1.08. The van der Waals surface area contributed by atoms with Gasteiger partial charge in [0.1, 0.15) is 5.82 Å². The van der Waals surface area contributed by atoms with Crippen LogP contribution in [0.3, 0.4) is 0 Å². The van der Waals surface area contributed by atoms with Crippen LogP contribution >= 0.6 is 0 Å². The van der Waals surface area contributed by atoms with Crippen LogP contribution in [0.15, 0.2) is 48.7 Å². The number of pyridine rings is 1. The molecule has 6 heteroatoms. The number of piperazine rings is 1. The highest BCUT2D eigenvalue weighted by atomic mass is 16.1. The number of aromatic nitrogens is 1. The van der Waals surface area contributed by atoms with Gasteiger partial charge in [-0.05, 0) is 29.8 Å². The highest BCUT2D eigenvalue weighted by Gasteiger charge is 2.18. The Labute approximate surface area is 148 Å². The van der Waals surface area contributed by atoms with Crippen LogP contribution in [0.4, 0.5) is 11.5 Å². The summed E-state index contributed by atoms with van der Waals surface area (Å²) in [5.41, 5.74) is 7.46. The summed E-state index contributed by atoms with van der Waals surface area (Å²) in [7, 11) is 0. The first-order valence-electron chi connectivity index (χ1n) is 8.72. The van der Waals surface area contributed by atoms with E-state index in [9.17, 15) is 4.79 Å². The molecule has 1 aliphatic rings. The average molecular weight is 339 g/mol. The van der Waals surface area contributed by atoms with Crippen LogP contribution in [-0.4, -0.2) is 48.5 Å². The summed E-state index contributed by atoms with van der Waals surface area (Å²) in [4.78, 5) is 21.1. The fourth-order valence-corrected chi connectivity index (χ4v) is 2.95. The summed E-state index contributed by atoms with van der Waals surface area (Å²) < 4.78 is 0. The van der Waals surface area contributed by atoms with Crippen LogP contribution in [0.5, 0.6) is 0 Å². The first kappa shape index (κ1) is 17.4. The number of nitrogens with one attached hydrogen (secondary N) is 1. The molecule has 25 heavy (non-hydrogen) atoms.